The molecule has 0 bridgehead atoms. The highest BCUT2D eigenvalue weighted by Crippen LogP contribution is 2.26. The first-order valence-corrected chi connectivity index (χ1v) is 3.98. The van der Waals surface area contributed by atoms with Gasteiger partial charge in [0.05, 0.1) is 0 Å². The van der Waals surface area contributed by atoms with Crippen molar-refractivity contribution in [1.29, 1.82) is 0 Å². The van der Waals surface area contributed by atoms with Crippen LogP contribution in [0.5, 0.6) is 0 Å². The zero-order valence-corrected chi connectivity index (χ0v) is 7.46. The SMILES string of the molecule is FC(CCCOCC(F)(F)F)C(F)(F)F. The fourth-order valence-electron chi connectivity index (χ4n) is 0.716. The first kappa shape index (κ1) is 14.5. The van der Waals surface area contributed by atoms with Crippen molar-refractivity contribution in [2.75, 3.05) is 13.2 Å². The first-order chi connectivity index (χ1) is 6.63. The van der Waals surface area contributed by atoms with Crippen LogP contribution < -0.4 is 0 Å². The van der Waals surface area contributed by atoms with Crippen LogP contribution in [-0.2, 0) is 4.74 Å². The Labute approximate surface area is 81.2 Å². The Bertz CT molecular complexity index is 173. The lowest BCUT2D eigenvalue weighted by molar-refractivity contribution is -0.186. The van der Waals surface area contributed by atoms with Crippen LogP contribution in [0.25, 0.3) is 0 Å². The van der Waals surface area contributed by atoms with E-state index < -0.39 is 44.6 Å². The fraction of sp³-hybridized carbons (Fsp3) is 1.00. The van der Waals surface area contributed by atoms with E-state index in [1.807, 2.05) is 0 Å². The molecule has 0 aliphatic rings. The molecule has 0 fully saturated rings. The zero-order valence-electron chi connectivity index (χ0n) is 7.46. The molecule has 0 heterocycles. The molecule has 1 nitrogen and oxygen atoms in total. The molecule has 0 aromatic carbocycles. The third-order valence-corrected chi connectivity index (χ3v) is 1.37. The number of ether oxygens (including phenoxy) is 1. The highest BCUT2D eigenvalue weighted by Gasteiger charge is 2.39. The zero-order chi connectivity index (χ0) is 12.1. The minimum absolute atomic E-state index is 0.406. The van der Waals surface area contributed by atoms with Gasteiger partial charge in [0.15, 0.2) is 6.17 Å². The van der Waals surface area contributed by atoms with Gasteiger partial charge in [0.2, 0.25) is 0 Å². The van der Waals surface area contributed by atoms with E-state index in [2.05, 4.69) is 4.74 Å². The van der Waals surface area contributed by atoms with Crippen LogP contribution in [-0.4, -0.2) is 31.7 Å². The van der Waals surface area contributed by atoms with Gasteiger partial charge in [0.1, 0.15) is 6.61 Å². The van der Waals surface area contributed by atoms with E-state index in [1.165, 1.54) is 0 Å². The van der Waals surface area contributed by atoms with Crippen LogP contribution in [0.3, 0.4) is 0 Å². The number of hydrogen-bond acceptors (Lipinski definition) is 1. The average molecular weight is 242 g/mol. The van der Waals surface area contributed by atoms with E-state index in [-0.39, 0.29) is 0 Å². The Hall–Kier alpha value is -0.530. The summed E-state index contributed by atoms with van der Waals surface area (Å²) in [5.41, 5.74) is 0. The van der Waals surface area contributed by atoms with Gasteiger partial charge in [-0.15, -0.1) is 0 Å². The molecule has 15 heavy (non-hydrogen) atoms. The summed E-state index contributed by atoms with van der Waals surface area (Å²) in [7, 11) is 0. The third-order valence-electron chi connectivity index (χ3n) is 1.37. The van der Waals surface area contributed by atoms with Gasteiger partial charge in [0.25, 0.3) is 0 Å². The van der Waals surface area contributed by atoms with Crippen LogP contribution in [0, 0.1) is 0 Å². The van der Waals surface area contributed by atoms with E-state index >= 15 is 0 Å². The lowest BCUT2D eigenvalue weighted by Gasteiger charge is -2.12. The Morgan fingerprint density at radius 2 is 1.53 bits per heavy atom. The molecule has 8 heteroatoms. The molecule has 0 aliphatic heterocycles. The number of halogens is 7. The smallest absolute Gasteiger partial charge is 0.372 e. The molecule has 0 saturated carbocycles. The van der Waals surface area contributed by atoms with E-state index in [1.54, 1.807) is 0 Å². The summed E-state index contributed by atoms with van der Waals surface area (Å²) < 4.78 is 85.2. The van der Waals surface area contributed by atoms with E-state index in [4.69, 9.17) is 0 Å². The Kier molecular flexibility index (Phi) is 5.33. The highest BCUT2D eigenvalue weighted by atomic mass is 19.4. The Morgan fingerprint density at radius 3 is 1.93 bits per heavy atom. The molecule has 0 N–H and O–H groups in total. The van der Waals surface area contributed by atoms with Crippen molar-refractivity contribution in [3.05, 3.63) is 0 Å². The quantitative estimate of drug-likeness (QED) is 0.531. The van der Waals surface area contributed by atoms with Gasteiger partial charge in [-0.25, -0.2) is 4.39 Å². The summed E-state index contributed by atoms with van der Waals surface area (Å²) in [6.07, 6.45) is -13.8. The van der Waals surface area contributed by atoms with Crippen molar-refractivity contribution in [2.24, 2.45) is 0 Å². The maximum Gasteiger partial charge on any atom is 0.419 e. The second-order valence-corrected chi connectivity index (χ2v) is 2.82. The summed E-state index contributed by atoms with van der Waals surface area (Å²) >= 11 is 0. The van der Waals surface area contributed by atoms with Gasteiger partial charge >= 0.3 is 12.4 Å². The lowest BCUT2D eigenvalue weighted by Crippen LogP contribution is -2.25. The average Bonchev–Trinajstić information content (AvgIpc) is 1.99. The molecule has 92 valence electrons. The number of alkyl halides is 7. The van der Waals surface area contributed by atoms with Crippen LogP contribution >= 0.6 is 0 Å². The minimum atomic E-state index is -4.95. The predicted octanol–water partition coefficient (Wildman–Crippen LogP) is 3.25. The van der Waals surface area contributed by atoms with Crippen LogP contribution in [0.2, 0.25) is 0 Å². The molecule has 0 amide bonds. The molecule has 0 aromatic rings. The van der Waals surface area contributed by atoms with Gasteiger partial charge in [-0.05, 0) is 12.8 Å². The molecule has 0 saturated heterocycles. The second-order valence-electron chi connectivity index (χ2n) is 2.82. The van der Waals surface area contributed by atoms with Crippen LogP contribution in [0.15, 0.2) is 0 Å². The third kappa shape index (κ3) is 8.46. The van der Waals surface area contributed by atoms with Gasteiger partial charge in [-0.1, -0.05) is 0 Å². The van der Waals surface area contributed by atoms with Crippen LogP contribution in [0.1, 0.15) is 12.8 Å². The van der Waals surface area contributed by atoms with Crippen molar-refractivity contribution in [2.45, 2.75) is 31.4 Å². The van der Waals surface area contributed by atoms with Crippen molar-refractivity contribution in [1.82, 2.24) is 0 Å². The largest absolute Gasteiger partial charge is 0.419 e. The molecule has 0 rings (SSSR count). The topological polar surface area (TPSA) is 9.23 Å². The van der Waals surface area contributed by atoms with Crippen molar-refractivity contribution in [3.63, 3.8) is 0 Å². The van der Waals surface area contributed by atoms with Gasteiger partial charge in [-0.3, -0.25) is 0 Å². The normalized spacial score (nSPS) is 15.4. The molecular formula is C7H9F7O. The van der Waals surface area contributed by atoms with Gasteiger partial charge in [-0.2, -0.15) is 26.3 Å². The minimum Gasteiger partial charge on any atom is -0.372 e. The molecule has 0 aromatic heterocycles. The van der Waals surface area contributed by atoms with Gasteiger partial charge in [0, 0.05) is 6.61 Å². The van der Waals surface area contributed by atoms with E-state index in [0.29, 0.717) is 0 Å². The maximum absolute atomic E-state index is 12.2. The van der Waals surface area contributed by atoms with Gasteiger partial charge < -0.3 is 4.74 Å². The maximum atomic E-state index is 12.2. The summed E-state index contributed by atoms with van der Waals surface area (Å²) in [4.78, 5) is 0. The second kappa shape index (κ2) is 5.53. The summed E-state index contributed by atoms with van der Waals surface area (Å²) in [6.45, 7) is -2.08. The molecule has 0 radical (unpaired) electrons. The van der Waals surface area contributed by atoms with Crippen molar-refractivity contribution >= 4 is 0 Å². The van der Waals surface area contributed by atoms with Crippen LogP contribution in [0.4, 0.5) is 30.7 Å². The highest BCUT2D eigenvalue weighted by molar-refractivity contribution is 4.65. The molecule has 1 unspecified atom stereocenters. The summed E-state index contributed by atoms with van der Waals surface area (Å²) in [5.74, 6) is 0. The molecule has 0 aliphatic carbocycles. The van der Waals surface area contributed by atoms with Crippen molar-refractivity contribution in [3.8, 4) is 0 Å². The first-order valence-electron chi connectivity index (χ1n) is 3.98. The monoisotopic (exact) mass is 242 g/mol. The molecule has 0 spiro atoms. The predicted molar refractivity (Wildman–Crippen MR) is 37.1 cm³/mol. The fourth-order valence-corrected chi connectivity index (χ4v) is 0.716. The number of rotatable bonds is 5. The Balaban J connectivity index is 3.48. The number of hydrogen-bond donors (Lipinski definition) is 0. The van der Waals surface area contributed by atoms with E-state index in [9.17, 15) is 30.7 Å². The van der Waals surface area contributed by atoms with E-state index in [0.717, 1.165) is 0 Å². The standard InChI is InChI=1S/C7H9F7O/c8-5(7(12,13)14)2-1-3-15-4-6(9,10)11/h5H,1-4H2. The summed E-state index contributed by atoms with van der Waals surface area (Å²) in [6, 6.07) is 0. The molecular weight excluding hydrogens is 233 g/mol. The molecule has 1 atom stereocenters. The Morgan fingerprint density at radius 1 is 1.00 bits per heavy atom. The lowest BCUT2D eigenvalue weighted by atomic mass is 10.2. The summed E-state index contributed by atoms with van der Waals surface area (Å²) in [5, 5.41) is 0. The van der Waals surface area contributed by atoms with Crippen molar-refractivity contribution < 1.29 is 35.5 Å².